The topological polar surface area (TPSA) is 63.3 Å². The first-order valence-electron chi connectivity index (χ1n) is 4.99. The van der Waals surface area contributed by atoms with Crippen LogP contribution in [0.3, 0.4) is 0 Å². The molecule has 0 spiro atoms. The molecule has 15 heavy (non-hydrogen) atoms. The Labute approximate surface area is 92.1 Å². The van der Waals surface area contributed by atoms with Crippen LogP contribution in [0.15, 0.2) is 10.7 Å². The number of nitrogens with zero attached hydrogens (tertiary/aromatic N) is 1. The lowest BCUT2D eigenvalue weighted by atomic mass is 10.1. The van der Waals surface area contributed by atoms with Gasteiger partial charge >= 0.3 is 5.97 Å². The zero-order valence-electron chi connectivity index (χ0n) is 8.31. The van der Waals surface area contributed by atoms with E-state index in [1.807, 2.05) is 11.8 Å². The average molecular weight is 227 g/mol. The molecule has 1 saturated heterocycles. The van der Waals surface area contributed by atoms with E-state index in [1.165, 1.54) is 18.4 Å². The lowest BCUT2D eigenvalue weighted by Gasteiger charge is -2.17. The molecule has 0 bridgehead atoms. The fourth-order valence-electron chi connectivity index (χ4n) is 1.68. The minimum Gasteiger partial charge on any atom is -0.481 e. The number of aromatic nitrogens is 1. The minimum atomic E-state index is -0.868. The first-order valence-corrected chi connectivity index (χ1v) is 6.15. The van der Waals surface area contributed by atoms with Gasteiger partial charge in [0.2, 0.25) is 0 Å². The molecule has 1 aliphatic rings. The van der Waals surface area contributed by atoms with Gasteiger partial charge in [0.05, 0.1) is 12.1 Å². The third kappa shape index (κ3) is 2.75. The molecule has 1 N–H and O–H groups in total. The lowest BCUT2D eigenvalue weighted by Crippen LogP contribution is -2.09. The molecular weight excluding hydrogens is 214 g/mol. The van der Waals surface area contributed by atoms with Crippen molar-refractivity contribution in [3.05, 3.63) is 17.8 Å². The Kier molecular flexibility index (Phi) is 3.30. The summed E-state index contributed by atoms with van der Waals surface area (Å²) in [4.78, 5) is 14.7. The molecule has 0 aliphatic carbocycles. The molecule has 0 saturated carbocycles. The van der Waals surface area contributed by atoms with Crippen molar-refractivity contribution >= 4 is 17.7 Å². The number of aliphatic carboxylic acids is 1. The molecule has 0 radical (unpaired) electrons. The van der Waals surface area contributed by atoms with Crippen LogP contribution in [0, 0.1) is 0 Å². The van der Waals surface area contributed by atoms with E-state index in [0.29, 0.717) is 17.5 Å². The van der Waals surface area contributed by atoms with Gasteiger partial charge in [0.25, 0.3) is 0 Å². The van der Waals surface area contributed by atoms with Crippen molar-refractivity contribution in [1.29, 1.82) is 0 Å². The third-order valence-corrected chi connectivity index (χ3v) is 3.63. The predicted molar refractivity (Wildman–Crippen MR) is 57.1 cm³/mol. The van der Waals surface area contributed by atoms with E-state index in [2.05, 4.69) is 4.98 Å². The summed E-state index contributed by atoms with van der Waals surface area (Å²) in [7, 11) is 0. The highest BCUT2D eigenvalue weighted by Crippen LogP contribution is 2.30. The minimum absolute atomic E-state index is 0.0522. The summed E-state index contributed by atoms with van der Waals surface area (Å²) in [5, 5.41) is 8.60. The van der Waals surface area contributed by atoms with Crippen molar-refractivity contribution in [2.45, 2.75) is 25.2 Å². The second kappa shape index (κ2) is 4.70. The fourth-order valence-corrected chi connectivity index (χ4v) is 2.81. The highest BCUT2D eigenvalue weighted by molar-refractivity contribution is 7.99. The summed E-state index contributed by atoms with van der Waals surface area (Å²) < 4.78 is 5.32. The maximum Gasteiger partial charge on any atom is 0.309 e. The molecule has 0 amide bonds. The molecule has 82 valence electrons. The first-order chi connectivity index (χ1) is 7.25. The molecule has 0 aromatic carbocycles. The quantitative estimate of drug-likeness (QED) is 0.854. The van der Waals surface area contributed by atoms with Crippen LogP contribution in [-0.4, -0.2) is 27.6 Å². The molecule has 1 fully saturated rings. The summed E-state index contributed by atoms with van der Waals surface area (Å²) in [6.45, 7) is 0. The fraction of sp³-hybridized carbons (Fsp3) is 0.600. The molecule has 1 aliphatic heterocycles. The molecule has 4 nitrogen and oxygen atoms in total. The number of rotatable bonds is 3. The Morgan fingerprint density at radius 1 is 1.73 bits per heavy atom. The smallest absolute Gasteiger partial charge is 0.309 e. The van der Waals surface area contributed by atoms with Crippen LogP contribution in [0.5, 0.6) is 0 Å². The van der Waals surface area contributed by atoms with Crippen molar-refractivity contribution in [2.75, 3.05) is 11.5 Å². The van der Waals surface area contributed by atoms with Gasteiger partial charge in [-0.3, -0.25) is 4.79 Å². The molecule has 1 atom stereocenters. The zero-order valence-corrected chi connectivity index (χ0v) is 9.13. The van der Waals surface area contributed by atoms with Gasteiger partial charge in [-0.15, -0.1) is 0 Å². The Balaban J connectivity index is 2.02. The van der Waals surface area contributed by atoms with Gasteiger partial charge < -0.3 is 9.52 Å². The van der Waals surface area contributed by atoms with E-state index in [4.69, 9.17) is 9.52 Å². The standard InChI is InChI=1S/C10H13NO3S/c12-9(13)4-8-5-14-10(11-8)7-2-1-3-15-6-7/h5,7H,1-4,6H2,(H,12,13). The van der Waals surface area contributed by atoms with Crippen molar-refractivity contribution < 1.29 is 14.3 Å². The zero-order chi connectivity index (χ0) is 10.7. The SMILES string of the molecule is O=C(O)Cc1coc(C2CCCSC2)n1. The number of carboxylic acid groups (broad SMARTS) is 1. The number of hydrogen-bond acceptors (Lipinski definition) is 4. The first kappa shape index (κ1) is 10.5. The van der Waals surface area contributed by atoms with Gasteiger partial charge in [-0.1, -0.05) is 0 Å². The maximum absolute atomic E-state index is 10.5. The third-order valence-electron chi connectivity index (χ3n) is 2.41. The Morgan fingerprint density at radius 2 is 2.60 bits per heavy atom. The average Bonchev–Trinajstić information content (AvgIpc) is 2.67. The van der Waals surface area contributed by atoms with Gasteiger partial charge in [0.15, 0.2) is 5.89 Å². The molecule has 5 heteroatoms. The Hall–Kier alpha value is -0.970. The van der Waals surface area contributed by atoms with Crippen LogP contribution in [0.25, 0.3) is 0 Å². The number of thioether (sulfide) groups is 1. The second-order valence-electron chi connectivity index (χ2n) is 3.66. The van der Waals surface area contributed by atoms with Gasteiger partial charge in [0, 0.05) is 11.7 Å². The van der Waals surface area contributed by atoms with Gasteiger partial charge in [-0.2, -0.15) is 11.8 Å². The summed E-state index contributed by atoms with van der Waals surface area (Å²) in [6.07, 6.45) is 3.69. The van der Waals surface area contributed by atoms with Crippen molar-refractivity contribution in [3.8, 4) is 0 Å². The number of carboxylic acids is 1. The van der Waals surface area contributed by atoms with E-state index in [9.17, 15) is 4.79 Å². The maximum atomic E-state index is 10.5. The van der Waals surface area contributed by atoms with Crippen LogP contribution in [0.4, 0.5) is 0 Å². The predicted octanol–water partition coefficient (Wildman–Crippen LogP) is 1.91. The Bertz CT molecular complexity index is 344. The van der Waals surface area contributed by atoms with E-state index in [1.54, 1.807) is 0 Å². The Morgan fingerprint density at radius 3 is 3.27 bits per heavy atom. The van der Waals surface area contributed by atoms with E-state index >= 15 is 0 Å². The van der Waals surface area contributed by atoms with Crippen molar-refractivity contribution in [2.24, 2.45) is 0 Å². The number of hydrogen-bond donors (Lipinski definition) is 1. The summed E-state index contributed by atoms with van der Waals surface area (Å²) in [5.74, 6) is 2.45. The summed E-state index contributed by atoms with van der Waals surface area (Å²) in [5.41, 5.74) is 0.521. The second-order valence-corrected chi connectivity index (χ2v) is 4.81. The number of oxazole rings is 1. The molecule has 1 aromatic rings. The molecule has 1 unspecified atom stereocenters. The van der Waals surface area contributed by atoms with Crippen LogP contribution >= 0.6 is 11.8 Å². The normalized spacial score (nSPS) is 21.5. The summed E-state index contributed by atoms with van der Waals surface area (Å²) >= 11 is 1.90. The molecular formula is C10H13NO3S. The summed E-state index contributed by atoms with van der Waals surface area (Å²) in [6, 6.07) is 0. The van der Waals surface area contributed by atoms with Crippen molar-refractivity contribution in [3.63, 3.8) is 0 Å². The van der Waals surface area contributed by atoms with Gasteiger partial charge in [-0.05, 0) is 18.6 Å². The van der Waals surface area contributed by atoms with Crippen LogP contribution in [0.1, 0.15) is 30.3 Å². The van der Waals surface area contributed by atoms with E-state index in [-0.39, 0.29) is 6.42 Å². The highest BCUT2D eigenvalue weighted by Gasteiger charge is 2.21. The van der Waals surface area contributed by atoms with Crippen LogP contribution < -0.4 is 0 Å². The van der Waals surface area contributed by atoms with Gasteiger partial charge in [-0.25, -0.2) is 4.98 Å². The molecule has 2 rings (SSSR count). The molecule has 1 aromatic heterocycles. The number of carbonyl (C=O) groups is 1. The highest BCUT2D eigenvalue weighted by atomic mass is 32.2. The monoisotopic (exact) mass is 227 g/mol. The van der Waals surface area contributed by atoms with Crippen LogP contribution in [-0.2, 0) is 11.2 Å². The largest absolute Gasteiger partial charge is 0.481 e. The lowest BCUT2D eigenvalue weighted by molar-refractivity contribution is -0.136. The van der Waals surface area contributed by atoms with E-state index in [0.717, 1.165) is 12.2 Å². The van der Waals surface area contributed by atoms with E-state index < -0.39 is 5.97 Å². The van der Waals surface area contributed by atoms with Gasteiger partial charge in [0.1, 0.15) is 6.26 Å². The molecule has 2 heterocycles. The van der Waals surface area contributed by atoms with Crippen LogP contribution in [0.2, 0.25) is 0 Å². The van der Waals surface area contributed by atoms with Crippen molar-refractivity contribution in [1.82, 2.24) is 4.98 Å².